The number of nitrogens with zero attached hydrogens (tertiary/aromatic N) is 1. The predicted molar refractivity (Wildman–Crippen MR) is 115 cm³/mol. The molecule has 2 aromatic carbocycles. The highest BCUT2D eigenvalue weighted by Crippen LogP contribution is 2.20. The number of primary amides is 1. The molecule has 0 spiro atoms. The van der Waals surface area contributed by atoms with E-state index >= 15 is 0 Å². The largest absolute Gasteiger partial charge is 0.439 e. The van der Waals surface area contributed by atoms with E-state index in [-0.39, 0.29) is 0 Å². The fourth-order valence-corrected chi connectivity index (χ4v) is 3.08. The lowest BCUT2D eigenvalue weighted by Crippen LogP contribution is -2.19. The Bertz CT molecular complexity index is 922. The molecule has 3 N–H and O–H groups in total. The van der Waals surface area contributed by atoms with Gasteiger partial charge in [0.05, 0.1) is 5.56 Å². The topological polar surface area (TPSA) is 77.2 Å². The lowest BCUT2D eigenvalue weighted by Gasteiger charge is -2.08. The molecule has 29 heavy (non-hydrogen) atoms. The van der Waals surface area contributed by atoms with Crippen LogP contribution in [0.15, 0.2) is 66.9 Å². The molecule has 1 heterocycles. The van der Waals surface area contributed by atoms with E-state index in [4.69, 9.17) is 10.5 Å². The summed E-state index contributed by atoms with van der Waals surface area (Å²) in [4.78, 5) is 15.2. The lowest BCUT2D eigenvalue weighted by molar-refractivity contribution is 0.1000. The summed E-state index contributed by atoms with van der Waals surface area (Å²) in [6, 6.07) is 19.8. The zero-order chi connectivity index (χ0) is 20.5. The number of carbonyl (C=O) groups excluding carboxylic acids is 1. The van der Waals surface area contributed by atoms with Crippen molar-refractivity contribution in [3.05, 3.63) is 89.1 Å². The van der Waals surface area contributed by atoms with Gasteiger partial charge >= 0.3 is 0 Å². The molecule has 3 rings (SSSR count). The molecule has 0 aliphatic heterocycles. The third-order valence-electron chi connectivity index (χ3n) is 4.82. The number of amides is 1. The first kappa shape index (κ1) is 20.6. The molecule has 0 unspecified atom stereocenters. The van der Waals surface area contributed by atoms with Gasteiger partial charge in [-0.05, 0) is 74.2 Å². The number of hydrogen-bond donors (Lipinski definition) is 2. The van der Waals surface area contributed by atoms with Gasteiger partial charge in [-0.2, -0.15) is 0 Å². The summed E-state index contributed by atoms with van der Waals surface area (Å²) in [6.45, 7) is 4.13. The third-order valence-corrected chi connectivity index (χ3v) is 4.82. The first-order valence-electron chi connectivity index (χ1n) is 9.90. The number of nitrogens with two attached hydrogens (primary N) is 1. The standard InChI is InChI=1S/C24H27N3O2/c1-18-5-2-3-6-20(18)7-4-15-26-16-14-19-8-11-22(12-9-19)29-23-13-10-21(17-27-23)24(25)28/h2-3,5-6,8-13,17,26H,4,7,14-16H2,1H3,(H2,25,28). The van der Waals surface area contributed by atoms with Crippen molar-refractivity contribution in [3.63, 3.8) is 0 Å². The average molecular weight is 389 g/mol. The third kappa shape index (κ3) is 6.43. The number of ether oxygens (including phenoxy) is 1. The Morgan fingerprint density at radius 1 is 1.00 bits per heavy atom. The van der Waals surface area contributed by atoms with Gasteiger partial charge < -0.3 is 15.8 Å². The van der Waals surface area contributed by atoms with Crippen molar-refractivity contribution < 1.29 is 9.53 Å². The SMILES string of the molecule is Cc1ccccc1CCCNCCc1ccc(Oc2ccc(C(N)=O)cn2)cc1. The van der Waals surface area contributed by atoms with Gasteiger partial charge in [0.2, 0.25) is 11.8 Å². The second-order valence-electron chi connectivity index (χ2n) is 7.03. The molecule has 3 aromatic rings. The van der Waals surface area contributed by atoms with Gasteiger partial charge in [-0.15, -0.1) is 0 Å². The molecule has 0 saturated carbocycles. The maximum absolute atomic E-state index is 11.1. The Morgan fingerprint density at radius 2 is 1.79 bits per heavy atom. The van der Waals surface area contributed by atoms with Gasteiger partial charge in [0.1, 0.15) is 5.75 Å². The molecule has 0 aliphatic rings. The number of aryl methyl sites for hydroxylation is 2. The highest BCUT2D eigenvalue weighted by atomic mass is 16.5. The number of rotatable bonds is 10. The molecule has 1 aromatic heterocycles. The van der Waals surface area contributed by atoms with E-state index in [1.54, 1.807) is 12.1 Å². The van der Waals surface area contributed by atoms with Crippen LogP contribution in [-0.4, -0.2) is 24.0 Å². The van der Waals surface area contributed by atoms with Crippen LogP contribution in [0.2, 0.25) is 0 Å². The zero-order valence-corrected chi connectivity index (χ0v) is 16.7. The molecule has 5 nitrogen and oxygen atoms in total. The second-order valence-corrected chi connectivity index (χ2v) is 7.03. The minimum Gasteiger partial charge on any atom is -0.439 e. The fraction of sp³-hybridized carbons (Fsp3) is 0.250. The van der Waals surface area contributed by atoms with Crippen LogP contribution in [0.3, 0.4) is 0 Å². The Balaban J connectivity index is 1.37. The summed E-state index contributed by atoms with van der Waals surface area (Å²) >= 11 is 0. The second kappa shape index (κ2) is 10.4. The van der Waals surface area contributed by atoms with Gasteiger partial charge in [0, 0.05) is 12.3 Å². The first-order valence-corrected chi connectivity index (χ1v) is 9.90. The summed E-state index contributed by atoms with van der Waals surface area (Å²) in [5.74, 6) is 0.634. The van der Waals surface area contributed by atoms with E-state index in [9.17, 15) is 4.79 Å². The monoisotopic (exact) mass is 389 g/mol. The van der Waals surface area contributed by atoms with Crippen LogP contribution in [0, 0.1) is 6.92 Å². The van der Waals surface area contributed by atoms with Gasteiger partial charge in [-0.1, -0.05) is 36.4 Å². The summed E-state index contributed by atoms with van der Waals surface area (Å²) in [5, 5.41) is 3.51. The summed E-state index contributed by atoms with van der Waals surface area (Å²) in [5.41, 5.74) is 9.62. The molecule has 1 amide bonds. The Kier molecular flexibility index (Phi) is 7.36. The molecule has 0 fully saturated rings. The average Bonchev–Trinajstić information content (AvgIpc) is 2.73. The maximum atomic E-state index is 11.1. The molecule has 0 aliphatic carbocycles. The van der Waals surface area contributed by atoms with Gasteiger partial charge in [-0.25, -0.2) is 4.98 Å². The van der Waals surface area contributed by atoms with Crippen LogP contribution < -0.4 is 15.8 Å². The molecule has 0 radical (unpaired) electrons. The molecule has 5 heteroatoms. The molecule has 0 saturated heterocycles. The number of aromatic nitrogens is 1. The van der Waals surface area contributed by atoms with Crippen molar-refractivity contribution in [1.82, 2.24) is 10.3 Å². The van der Waals surface area contributed by atoms with Crippen LogP contribution in [0.4, 0.5) is 0 Å². The summed E-state index contributed by atoms with van der Waals surface area (Å²) in [6.07, 6.45) is 4.63. The van der Waals surface area contributed by atoms with Crippen LogP contribution in [0.25, 0.3) is 0 Å². The van der Waals surface area contributed by atoms with E-state index < -0.39 is 5.91 Å². The van der Waals surface area contributed by atoms with Crippen molar-refractivity contribution >= 4 is 5.91 Å². The van der Waals surface area contributed by atoms with E-state index in [0.29, 0.717) is 17.2 Å². The van der Waals surface area contributed by atoms with Gasteiger partial charge in [0.15, 0.2) is 0 Å². The van der Waals surface area contributed by atoms with E-state index in [1.165, 1.54) is 22.9 Å². The quantitative estimate of drug-likeness (QED) is 0.513. The van der Waals surface area contributed by atoms with E-state index in [1.807, 2.05) is 12.1 Å². The predicted octanol–water partition coefficient (Wildman–Crippen LogP) is 4.05. The minimum atomic E-state index is -0.503. The van der Waals surface area contributed by atoms with Gasteiger partial charge in [-0.3, -0.25) is 4.79 Å². The Labute approximate surface area is 171 Å². The van der Waals surface area contributed by atoms with E-state index in [0.717, 1.165) is 32.4 Å². The first-order chi connectivity index (χ1) is 14.1. The smallest absolute Gasteiger partial charge is 0.250 e. The summed E-state index contributed by atoms with van der Waals surface area (Å²) < 4.78 is 5.70. The van der Waals surface area contributed by atoms with Crippen molar-refractivity contribution in [1.29, 1.82) is 0 Å². The Hall–Kier alpha value is -3.18. The number of pyridine rings is 1. The fourth-order valence-electron chi connectivity index (χ4n) is 3.08. The molecule has 0 bridgehead atoms. The highest BCUT2D eigenvalue weighted by Gasteiger charge is 2.03. The minimum absolute atomic E-state index is 0.360. The maximum Gasteiger partial charge on any atom is 0.250 e. The highest BCUT2D eigenvalue weighted by molar-refractivity contribution is 5.92. The normalized spacial score (nSPS) is 10.7. The van der Waals surface area contributed by atoms with Crippen LogP contribution in [0.1, 0.15) is 33.5 Å². The number of carbonyl (C=O) groups is 1. The zero-order valence-electron chi connectivity index (χ0n) is 16.7. The van der Waals surface area contributed by atoms with Crippen molar-refractivity contribution in [2.24, 2.45) is 5.73 Å². The van der Waals surface area contributed by atoms with Gasteiger partial charge in [0.25, 0.3) is 0 Å². The summed E-state index contributed by atoms with van der Waals surface area (Å²) in [7, 11) is 0. The Morgan fingerprint density at radius 3 is 2.48 bits per heavy atom. The number of nitrogens with one attached hydrogen (secondary N) is 1. The molecular formula is C24H27N3O2. The van der Waals surface area contributed by atoms with Crippen molar-refractivity contribution in [2.75, 3.05) is 13.1 Å². The van der Waals surface area contributed by atoms with E-state index in [2.05, 4.69) is 53.6 Å². The molecule has 150 valence electrons. The van der Waals surface area contributed by atoms with Crippen molar-refractivity contribution in [2.45, 2.75) is 26.2 Å². The van der Waals surface area contributed by atoms with Crippen LogP contribution in [-0.2, 0) is 12.8 Å². The lowest BCUT2D eigenvalue weighted by atomic mass is 10.0. The van der Waals surface area contributed by atoms with Crippen LogP contribution in [0.5, 0.6) is 11.6 Å². The number of benzene rings is 2. The molecule has 0 atom stereocenters. The number of hydrogen-bond acceptors (Lipinski definition) is 4. The van der Waals surface area contributed by atoms with Crippen LogP contribution >= 0.6 is 0 Å². The van der Waals surface area contributed by atoms with Crippen molar-refractivity contribution in [3.8, 4) is 11.6 Å². The molecular weight excluding hydrogens is 362 g/mol.